The van der Waals surface area contributed by atoms with Crippen LogP contribution in [-0.4, -0.2) is 51.2 Å². The highest BCUT2D eigenvalue weighted by Gasteiger charge is 2.25. The van der Waals surface area contributed by atoms with Crippen LogP contribution < -0.4 is 5.32 Å². The maximum Gasteiger partial charge on any atom is 0.274 e. The Kier molecular flexibility index (Phi) is 2.95. The first-order valence-electron chi connectivity index (χ1n) is 6.52. The number of rotatable bonds is 1. The molecule has 3 rings (SSSR count). The number of nitrogens with zero attached hydrogens (tertiary/aromatic N) is 3. The molecule has 0 bridgehead atoms. The standard InChI is InChI=1S/C12H18N4O2/c17-9-3-1-5-15(7-9)11(18)10-8-16-6-2-4-13-12(16)14-10/h8-9,17H,1-7H2,(H,13,14). The number of fused-ring (bicyclic) bond motifs is 1. The number of aliphatic hydroxyl groups is 1. The minimum atomic E-state index is -0.391. The summed E-state index contributed by atoms with van der Waals surface area (Å²) in [5.41, 5.74) is 0.480. The molecule has 0 radical (unpaired) electrons. The van der Waals surface area contributed by atoms with Gasteiger partial charge in [-0.2, -0.15) is 0 Å². The number of β-amino-alcohol motifs (C(OH)–C–C–N with tert-alkyl or cyclic N) is 1. The number of aliphatic hydroxyl groups excluding tert-OH is 1. The minimum absolute atomic E-state index is 0.0718. The SMILES string of the molecule is O=C(c1cn2c(n1)NCCC2)N1CCCC(O)C1. The Balaban J connectivity index is 1.77. The Bertz CT molecular complexity index is 433. The molecule has 0 aliphatic carbocycles. The number of hydrogen-bond donors (Lipinski definition) is 2. The topological polar surface area (TPSA) is 70.4 Å². The molecule has 1 fully saturated rings. The second-order valence-electron chi connectivity index (χ2n) is 4.97. The summed E-state index contributed by atoms with van der Waals surface area (Å²) < 4.78 is 1.98. The Labute approximate surface area is 106 Å². The molecule has 1 aromatic heterocycles. The normalized spacial score (nSPS) is 23.4. The predicted molar refractivity (Wildman–Crippen MR) is 66.5 cm³/mol. The van der Waals surface area contributed by atoms with E-state index in [2.05, 4.69) is 10.3 Å². The third-order valence-electron chi connectivity index (χ3n) is 3.54. The second kappa shape index (κ2) is 4.61. The summed E-state index contributed by atoms with van der Waals surface area (Å²) in [7, 11) is 0. The number of hydrogen-bond acceptors (Lipinski definition) is 4. The van der Waals surface area contributed by atoms with Crippen LogP contribution in [0.15, 0.2) is 6.20 Å². The molecule has 1 aromatic rings. The van der Waals surface area contributed by atoms with Gasteiger partial charge in [-0.15, -0.1) is 0 Å². The molecule has 0 saturated carbocycles. The van der Waals surface area contributed by atoms with Gasteiger partial charge >= 0.3 is 0 Å². The van der Waals surface area contributed by atoms with E-state index in [-0.39, 0.29) is 5.91 Å². The number of aryl methyl sites for hydroxylation is 1. The van der Waals surface area contributed by atoms with E-state index in [1.807, 2.05) is 10.8 Å². The smallest absolute Gasteiger partial charge is 0.274 e. The molecular weight excluding hydrogens is 232 g/mol. The lowest BCUT2D eigenvalue weighted by atomic mass is 10.1. The number of nitrogens with one attached hydrogen (secondary N) is 1. The summed E-state index contributed by atoms with van der Waals surface area (Å²) in [5, 5.41) is 12.8. The largest absolute Gasteiger partial charge is 0.391 e. The molecule has 2 aliphatic heterocycles. The molecule has 2 aliphatic rings. The molecule has 0 spiro atoms. The fraction of sp³-hybridized carbons (Fsp3) is 0.667. The highest BCUT2D eigenvalue weighted by atomic mass is 16.3. The molecule has 1 unspecified atom stereocenters. The summed E-state index contributed by atoms with van der Waals surface area (Å²) in [4.78, 5) is 18.3. The van der Waals surface area contributed by atoms with Crippen molar-refractivity contribution in [3.05, 3.63) is 11.9 Å². The van der Waals surface area contributed by atoms with E-state index in [9.17, 15) is 9.90 Å². The molecule has 6 nitrogen and oxygen atoms in total. The van der Waals surface area contributed by atoms with Gasteiger partial charge in [0.1, 0.15) is 5.69 Å². The third kappa shape index (κ3) is 2.08. The molecule has 1 atom stereocenters. The van der Waals surface area contributed by atoms with Gasteiger partial charge in [-0.25, -0.2) is 4.98 Å². The van der Waals surface area contributed by atoms with Gasteiger partial charge < -0.3 is 19.9 Å². The Morgan fingerprint density at radius 2 is 2.33 bits per heavy atom. The van der Waals surface area contributed by atoms with Gasteiger partial charge in [0.25, 0.3) is 5.91 Å². The lowest BCUT2D eigenvalue weighted by Crippen LogP contribution is -2.42. The van der Waals surface area contributed by atoms with Crippen LogP contribution in [0.1, 0.15) is 29.8 Å². The van der Waals surface area contributed by atoms with Crippen LogP contribution in [0.2, 0.25) is 0 Å². The number of anilines is 1. The Hall–Kier alpha value is -1.56. The zero-order valence-corrected chi connectivity index (χ0v) is 10.3. The van der Waals surface area contributed by atoms with Gasteiger partial charge in [0.2, 0.25) is 5.95 Å². The quantitative estimate of drug-likeness (QED) is 0.752. The molecule has 18 heavy (non-hydrogen) atoms. The lowest BCUT2D eigenvalue weighted by Gasteiger charge is -2.29. The molecule has 6 heteroatoms. The first-order valence-corrected chi connectivity index (χ1v) is 6.52. The lowest BCUT2D eigenvalue weighted by molar-refractivity contribution is 0.0469. The fourth-order valence-electron chi connectivity index (χ4n) is 2.58. The van der Waals surface area contributed by atoms with Crippen LogP contribution in [-0.2, 0) is 6.54 Å². The number of piperidine rings is 1. The minimum Gasteiger partial charge on any atom is -0.391 e. The van der Waals surface area contributed by atoms with E-state index in [1.54, 1.807) is 4.90 Å². The van der Waals surface area contributed by atoms with E-state index < -0.39 is 6.10 Å². The summed E-state index contributed by atoms with van der Waals surface area (Å²) in [6, 6.07) is 0. The summed E-state index contributed by atoms with van der Waals surface area (Å²) >= 11 is 0. The van der Waals surface area contributed by atoms with Crippen molar-refractivity contribution in [2.45, 2.75) is 31.9 Å². The first-order chi connectivity index (χ1) is 8.74. The number of amides is 1. The molecule has 3 heterocycles. The van der Waals surface area contributed by atoms with Crippen molar-refractivity contribution in [1.29, 1.82) is 0 Å². The van der Waals surface area contributed by atoms with Crippen molar-refractivity contribution in [3.63, 3.8) is 0 Å². The average Bonchev–Trinajstić information content (AvgIpc) is 2.81. The monoisotopic (exact) mass is 250 g/mol. The molecule has 98 valence electrons. The van der Waals surface area contributed by atoms with Gasteiger partial charge in [-0.05, 0) is 19.3 Å². The van der Waals surface area contributed by atoms with Gasteiger partial charge in [-0.3, -0.25) is 4.79 Å². The van der Waals surface area contributed by atoms with Crippen molar-refractivity contribution < 1.29 is 9.90 Å². The number of carbonyl (C=O) groups excluding carboxylic acids is 1. The zero-order valence-electron chi connectivity index (χ0n) is 10.3. The van der Waals surface area contributed by atoms with Crippen LogP contribution in [0.3, 0.4) is 0 Å². The maximum absolute atomic E-state index is 12.3. The number of aromatic nitrogens is 2. The summed E-state index contributed by atoms with van der Waals surface area (Å²) in [6.45, 7) is 2.96. The van der Waals surface area contributed by atoms with Gasteiger partial charge in [0.15, 0.2) is 0 Å². The van der Waals surface area contributed by atoms with Crippen LogP contribution >= 0.6 is 0 Å². The van der Waals surface area contributed by atoms with Crippen molar-refractivity contribution in [2.24, 2.45) is 0 Å². The summed E-state index contributed by atoms with van der Waals surface area (Å²) in [5.74, 6) is 0.708. The van der Waals surface area contributed by atoms with Crippen molar-refractivity contribution in [1.82, 2.24) is 14.5 Å². The first kappa shape index (κ1) is 11.5. The van der Waals surface area contributed by atoms with E-state index in [1.165, 1.54) is 0 Å². The molecular formula is C12H18N4O2. The van der Waals surface area contributed by atoms with E-state index >= 15 is 0 Å². The van der Waals surface area contributed by atoms with Crippen molar-refractivity contribution >= 4 is 11.9 Å². The van der Waals surface area contributed by atoms with Crippen molar-refractivity contribution in [3.8, 4) is 0 Å². The maximum atomic E-state index is 12.3. The van der Waals surface area contributed by atoms with E-state index in [0.717, 1.165) is 38.3 Å². The van der Waals surface area contributed by atoms with E-state index in [0.29, 0.717) is 18.8 Å². The highest BCUT2D eigenvalue weighted by Crippen LogP contribution is 2.17. The molecule has 0 aromatic carbocycles. The molecule has 1 amide bonds. The summed E-state index contributed by atoms with van der Waals surface area (Å²) in [6.07, 6.45) is 4.12. The highest BCUT2D eigenvalue weighted by molar-refractivity contribution is 5.92. The van der Waals surface area contributed by atoms with Crippen LogP contribution in [0.25, 0.3) is 0 Å². The number of imidazole rings is 1. The van der Waals surface area contributed by atoms with Gasteiger partial charge in [-0.1, -0.05) is 0 Å². The van der Waals surface area contributed by atoms with Crippen LogP contribution in [0.4, 0.5) is 5.95 Å². The average molecular weight is 250 g/mol. The molecule has 2 N–H and O–H groups in total. The Morgan fingerprint density at radius 1 is 1.44 bits per heavy atom. The fourth-order valence-corrected chi connectivity index (χ4v) is 2.58. The van der Waals surface area contributed by atoms with Gasteiger partial charge in [0.05, 0.1) is 6.10 Å². The number of carbonyl (C=O) groups is 1. The van der Waals surface area contributed by atoms with Crippen LogP contribution in [0.5, 0.6) is 0 Å². The zero-order chi connectivity index (χ0) is 12.5. The van der Waals surface area contributed by atoms with E-state index in [4.69, 9.17) is 0 Å². The Morgan fingerprint density at radius 3 is 3.11 bits per heavy atom. The van der Waals surface area contributed by atoms with Gasteiger partial charge in [0, 0.05) is 32.4 Å². The predicted octanol–water partition coefficient (Wildman–Crippen LogP) is 0.296. The van der Waals surface area contributed by atoms with Crippen LogP contribution in [0, 0.1) is 0 Å². The van der Waals surface area contributed by atoms with Crippen molar-refractivity contribution in [2.75, 3.05) is 25.0 Å². The second-order valence-corrected chi connectivity index (χ2v) is 4.97. The third-order valence-corrected chi connectivity index (χ3v) is 3.54. The molecule has 1 saturated heterocycles. The number of likely N-dealkylation sites (tertiary alicyclic amines) is 1.